The molecule has 1 amide bonds. The van der Waals surface area contributed by atoms with Crippen molar-refractivity contribution >= 4 is 25.6 Å². The Balaban J connectivity index is 2.50. The molecule has 0 aliphatic rings. The van der Waals surface area contributed by atoms with Crippen molar-refractivity contribution in [2.24, 2.45) is 5.92 Å². The minimum absolute atomic E-state index is 0.0110. The normalized spacial score (nSPS) is 14.5. The maximum atomic E-state index is 11.8. The predicted molar refractivity (Wildman–Crippen MR) is 84.9 cm³/mol. The van der Waals surface area contributed by atoms with E-state index in [2.05, 4.69) is 19.2 Å². The number of halogens is 1. The number of hydrogen-bond donors (Lipinski definition) is 1. The highest BCUT2D eigenvalue weighted by Crippen LogP contribution is 2.16. The van der Waals surface area contributed by atoms with Gasteiger partial charge in [0.2, 0.25) is 5.91 Å². The molecule has 1 rings (SSSR count). The smallest absolute Gasteiger partial charge is 0.261 e. The highest BCUT2D eigenvalue weighted by molar-refractivity contribution is 8.13. The summed E-state index contributed by atoms with van der Waals surface area (Å²) < 4.78 is 22.3. The summed E-state index contributed by atoms with van der Waals surface area (Å²) in [6, 6.07) is 6.43. The van der Waals surface area contributed by atoms with Crippen LogP contribution in [-0.4, -0.2) is 20.4 Å². The first-order valence-corrected chi connectivity index (χ1v) is 9.38. The van der Waals surface area contributed by atoms with Crippen LogP contribution in [0.5, 0.6) is 0 Å². The molecule has 2 atom stereocenters. The van der Waals surface area contributed by atoms with Gasteiger partial charge in [0, 0.05) is 23.1 Å². The van der Waals surface area contributed by atoms with Gasteiger partial charge in [-0.15, -0.1) is 0 Å². The minimum Gasteiger partial charge on any atom is -0.353 e. The SMILES string of the molecule is CCC(C)C(C)NC(=O)CCc1ccc(S(=O)(=O)Cl)cc1. The Hall–Kier alpha value is -1.07. The molecule has 1 aromatic rings. The van der Waals surface area contributed by atoms with Crippen molar-refractivity contribution in [3.63, 3.8) is 0 Å². The zero-order valence-electron chi connectivity index (χ0n) is 12.6. The van der Waals surface area contributed by atoms with Crippen LogP contribution >= 0.6 is 10.7 Å². The lowest BCUT2D eigenvalue weighted by molar-refractivity contribution is -0.122. The van der Waals surface area contributed by atoms with Crippen LogP contribution in [0.4, 0.5) is 0 Å². The molecule has 6 heteroatoms. The summed E-state index contributed by atoms with van der Waals surface area (Å²) in [7, 11) is 1.56. The molecule has 0 heterocycles. The molecule has 0 aliphatic carbocycles. The molecule has 21 heavy (non-hydrogen) atoms. The Labute approximate surface area is 131 Å². The standard InChI is InChI=1S/C15H22ClNO3S/c1-4-11(2)12(3)17-15(18)10-7-13-5-8-14(9-6-13)21(16,19)20/h5-6,8-9,11-12H,4,7,10H2,1-3H3,(H,17,18). The van der Waals surface area contributed by atoms with Crippen LogP contribution in [0.25, 0.3) is 0 Å². The van der Waals surface area contributed by atoms with Gasteiger partial charge in [-0.3, -0.25) is 4.79 Å². The molecule has 4 nitrogen and oxygen atoms in total. The van der Waals surface area contributed by atoms with E-state index in [1.165, 1.54) is 12.1 Å². The van der Waals surface area contributed by atoms with Gasteiger partial charge in [-0.05, 0) is 37.0 Å². The van der Waals surface area contributed by atoms with Crippen LogP contribution in [0.15, 0.2) is 29.2 Å². The highest BCUT2D eigenvalue weighted by atomic mass is 35.7. The first kappa shape index (κ1) is 18.0. The van der Waals surface area contributed by atoms with Gasteiger partial charge in [-0.2, -0.15) is 0 Å². The van der Waals surface area contributed by atoms with E-state index in [1.54, 1.807) is 12.1 Å². The summed E-state index contributed by atoms with van der Waals surface area (Å²) >= 11 is 0. The fourth-order valence-electron chi connectivity index (χ4n) is 1.90. The second-order valence-electron chi connectivity index (χ2n) is 5.32. The lowest BCUT2D eigenvalue weighted by Crippen LogP contribution is -2.36. The summed E-state index contributed by atoms with van der Waals surface area (Å²) in [6.45, 7) is 6.21. The molecule has 1 N–H and O–H groups in total. The number of aryl methyl sites for hydroxylation is 1. The van der Waals surface area contributed by atoms with Gasteiger partial charge in [0.1, 0.15) is 0 Å². The first-order valence-electron chi connectivity index (χ1n) is 7.07. The van der Waals surface area contributed by atoms with Gasteiger partial charge in [-0.25, -0.2) is 8.42 Å². The first-order chi connectivity index (χ1) is 9.74. The molecule has 0 fully saturated rings. The van der Waals surface area contributed by atoms with Crippen LogP contribution in [-0.2, 0) is 20.3 Å². The lowest BCUT2D eigenvalue weighted by atomic mass is 10.0. The molecule has 2 unspecified atom stereocenters. The van der Waals surface area contributed by atoms with Crippen molar-refractivity contribution in [2.45, 2.75) is 51.0 Å². The molecule has 0 aromatic heterocycles. The third-order valence-electron chi connectivity index (χ3n) is 3.73. The monoisotopic (exact) mass is 331 g/mol. The van der Waals surface area contributed by atoms with E-state index in [1.807, 2.05) is 6.92 Å². The molecule has 1 aromatic carbocycles. The van der Waals surface area contributed by atoms with Crippen LogP contribution in [0, 0.1) is 5.92 Å². The zero-order chi connectivity index (χ0) is 16.0. The number of rotatable bonds is 7. The molecule has 0 radical (unpaired) electrons. The summed E-state index contributed by atoms with van der Waals surface area (Å²) in [5.41, 5.74) is 0.908. The zero-order valence-corrected chi connectivity index (χ0v) is 14.2. The maximum Gasteiger partial charge on any atom is 0.261 e. The average molecular weight is 332 g/mol. The van der Waals surface area contributed by atoms with Crippen LogP contribution < -0.4 is 5.32 Å². The van der Waals surface area contributed by atoms with Gasteiger partial charge in [-0.1, -0.05) is 32.4 Å². The molecule has 0 aliphatic heterocycles. The summed E-state index contributed by atoms with van der Waals surface area (Å²) in [4.78, 5) is 11.9. The Morgan fingerprint density at radius 1 is 1.24 bits per heavy atom. The third-order valence-corrected chi connectivity index (χ3v) is 5.10. The average Bonchev–Trinajstić information content (AvgIpc) is 2.43. The lowest BCUT2D eigenvalue weighted by Gasteiger charge is -2.19. The van der Waals surface area contributed by atoms with Crippen molar-refractivity contribution in [3.8, 4) is 0 Å². The van der Waals surface area contributed by atoms with Crippen molar-refractivity contribution < 1.29 is 13.2 Å². The van der Waals surface area contributed by atoms with Gasteiger partial charge >= 0.3 is 0 Å². The molecule has 0 saturated heterocycles. The minimum atomic E-state index is -3.69. The Morgan fingerprint density at radius 3 is 2.29 bits per heavy atom. The second kappa shape index (κ2) is 7.80. The van der Waals surface area contributed by atoms with Crippen molar-refractivity contribution in [1.82, 2.24) is 5.32 Å². The van der Waals surface area contributed by atoms with Crippen LogP contribution in [0.2, 0.25) is 0 Å². The number of amides is 1. The topological polar surface area (TPSA) is 63.2 Å². The quantitative estimate of drug-likeness (QED) is 0.781. The molecular weight excluding hydrogens is 310 g/mol. The predicted octanol–water partition coefficient (Wildman–Crippen LogP) is 3.10. The largest absolute Gasteiger partial charge is 0.353 e. The van der Waals surface area contributed by atoms with E-state index in [0.29, 0.717) is 18.8 Å². The van der Waals surface area contributed by atoms with E-state index in [9.17, 15) is 13.2 Å². The molecule has 0 saturated carbocycles. The van der Waals surface area contributed by atoms with E-state index < -0.39 is 9.05 Å². The summed E-state index contributed by atoms with van der Waals surface area (Å²) in [5.74, 6) is 0.457. The fraction of sp³-hybridized carbons (Fsp3) is 0.533. The highest BCUT2D eigenvalue weighted by Gasteiger charge is 2.13. The van der Waals surface area contributed by atoms with Crippen molar-refractivity contribution in [1.29, 1.82) is 0 Å². The fourth-order valence-corrected chi connectivity index (χ4v) is 2.67. The van der Waals surface area contributed by atoms with Gasteiger partial charge in [0.25, 0.3) is 9.05 Å². The Kier molecular flexibility index (Phi) is 6.68. The summed E-state index contributed by atoms with van der Waals surface area (Å²) in [5, 5.41) is 2.98. The summed E-state index contributed by atoms with van der Waals surface area (Å²) in [6.07, 6.45) is 1.98. The van der Waals surface area contributed by atoms with Gasteiger partial charge < -0.3 is 5.32 Å². The van der Waals surface area contributed by atoms with Gasteiger partial charge in [0.05, 0.1) is 4.90 Å². The number of carbonyl (C=O) groups is 1. The number of benzene rings is 1. The van der Waals surface area contributed by atoms with E-state index in [4.69, 9.17) is 10.7 Å². The van der Waals surface area contributed by atoms with Crippen molar-refractivity contribution in [2.75, 3.05) is 0 Å². The van der Waals surface area contributed by atoms with Crippen LogP contribution in [0.1, 0.15) is 39.2 Å². The molecule has 0 bridgehead atoms. The Morgan fingerprint density at radius 2 is 1.81 bits per heavy atom. The second-order valence-corrected chi connectivity index (χ2v) is 7.89. The number of nitrogens with one attached hydrogen (secondary N) is 1. The van der Waals surface area contributed by atoms with Crippen molar-refractivity contribution in [3.05, 3.63) is 29.8 Å². The number of carbonyl (C=O) groups excluding carboxylic acids is 1. The molecule has 0 spiro atoms. The van der Waals surface area contributed by atoms with Crippen LogP contribution in [0.3, 0.4) is 0 Å². The Bertz CT molecular complexity index is 569. The van der Waals surface area contributed by atoms with E-state index >= 15 is 0 Å². The van der Waals surface area contributed by atoms with Gasteiger partial charge in [0.15, 0.2) is 0 Å². The number of hydrogen-bond acceptors (Lipinski definition) is 3. The maximum absolute atomic E-state index is 11.8. The molecule has 118 valence electrons. The third kappa shape index (κ3) is 6.06. The molecular formula is C15H22ClNO3S. The van der Waals surface area contributed by atoms with E-state index in [-0.39, 0.29) is 16.8 Å². The van der Waals surface area contributed by atoms with E-state index in [0.717, 1.165) is 12.0 Å².